The number of rotatable bonds is 4. The molecule has 0 amide bonds. The minimum atomic E-state index is -3.27. The highest BCUT2D eigenvalue weighted by atomic mass is 32.2. The molecular formula is C13H21NO2S. The third-order valence-corrected chi connectivity index (χ3v) is 5.19. The van der Waals surface area contributed by atoms with Crippen molar-refractivity contribution in [3.05, 3.63) is 29.3 Å². The molecule has 0 aliphatic heterocycles. The summed E-state index contributed by atoms with van der Waals surface area (Å²) in [6, 6.07) is 5.40. The fourth-order valence-corrected chi connectivity index (χ4v) is 3.74. The first kappa shape index (κ1) is 14.2. The highest BCUT2D eigenvalue weighted by molar-refractivity contribution is 7.92. The van der Waals surface area contributed by atoms with Gasteiger partial charge < -0.3 is 5.73 Å². The summed E-state index contributed by atoms with van der Waals surface area (Å²) < 4.78 is 24.8. The van der Waals surface area contributed by atoms with Gasteiger partial charge in [-0.15, -0.1) is 0 Å². The predicted octanol–water partition coefficient (Wildman–Crippen LogP) is 2.20. The molecule has 1 aromatic rings. The number of hydrogen-bond acceptors (Lipinski definition) is 3. The van der Waals surface area contributed by atoms with Gasteiger partial charge in [0.2, 0.25) is 0 Å². The molecule has 2 N–H and O–H groups in total. The predicted molar refractivity (Wildman–Crippen MR) is 70.8 cm³/mol. The van der Waals surface area contributed by atoms with Crippen molar-refractivity contribution in [1.29, 1.82) is 0 Å². The van der Waals surface area contributed by atoms with Gasteiger partial charge >= 0.3 is 0 Å². The molecule has 0 radical (unpaired) electrons. The quantitative estimate of drug-likeness (QED) is 0.897. The maximum Gasteiger partial charge on any atom is 0.181 e. The molecule has 17 heavy (non-hydrogen) atoms. The molecule has 0 spiro atoms. The minimum Gasteiger partial charge on any atom is -0.328 e. The minimum absolute atomic E-state index is 0.107. The van der Waals surface area contributed by atoms with Gasteiger partial charge in [0.15, 0.2) is 9.84 Å². The molecule has 1 rings (SSSR count). The van der Waals surface area contributed by atoms with E-state index >= 15 is 0 Å². The lowest BCUT2D eigenvalue weighted by molar-refractivity contribution is 0.562. The Morgan fingerprint density at radius 3 is 2.35 bits per heavy atom. The van der Waals surface area contributed by atoms with Crippen LogP contribution in [0.2, 0.25) is 0 Å². The number of hydrogen-bond donors (Lipinski definition) is 1. The van der Waals surface area contributed by atoms with Crippen LogP contribution >= 0.6 is 0 Å². The molecule has 3 nitrogen and oxygen atoms in total. The normalized spacial score (nSPS) is 15.6. The molecule has 2 atom stereocenters. The molecule has 0 fully saturated rings. The van der Waals surface area contributed by atoms with Crippen LogP contribution in [0.3, 0.4) is 0 Å². The van der Waals surface area contributed by atoms with Crippen LogP contribution in [0.5, 0.6) is 0 Å². The zero-order valence-corrected chi connectivity index (χ0v) is 11.7. The third kappa shape index (κ3) is 3.30. The second-order valence-corrected chi connectivity index (χ2v) is 7.17. The van der Waals surface area contributed by atoms with Crippen molar-refractivity contribution in [1.82, 2.24) is 0 Å². The number of nitrogens with two attached hydrogens (primary N) is 1. The van der Waals surface area contributed by atoms with Crippen molar-refractivity contribution in [2.24, 2.45) is 5.73 Å². The van der Waals surface area contributed by atoms with Gasteiger partial charge in [-0.25, -0.2) is 8.42 Å². The summed E-state index contributed by atoms with van der Waals surface area (Å²) in [5.74, 6) is 0. The Kier molecular flexibility index (Phi) is 4.33. The Labute approximate surface area is 104 Å². The summed E-state index contributed by atoms with van der Waals surface area (Å²) in [5, 5.41) is -0.442. The van der Waals surface area contributed by atoms with Crippen LogP contribution in [-0.2, 0) is 9.84 Å². The SMILES string of the molecule is Cc1ccc(C)c(S(=O)(=O)C(C)CC(C)N)c1. The molecule has 0 saturated carbocycles. The van der Waals surface area contributed by atoms with E-state index < -0.39 is 15.1 Å². The van der Waals surface area contributed by atoms with Crippen LogP contribution in [0.25, 0.3) is 0 Å². The van der Waals surface area contributed by atoms with Crippen molar-refractivity contribution in [2.45, 2.75) is 50.3 Å². The van der Waals surface area contributed by atoms with E-state index in [1.165, 1.54) is 0 Å². The molecule has 1 aromatic carbocycles. The van der Waals surface area contributed by atoms with Crippen molar-refractivity contribution < 1.29 is 8.42 Å². The second-order valence-electron chi connectivity index (χ2n) is 4.84. The lowest BCUT2D eigenvalue weighted by atomic mass is 10.2. The number of sulfone groups is 1. The summed E-state index contributed by atoms with van der Waals surface area (Å²) >= 11 is 0. The summed E-state index contributed by atoms with van der Waals surface area (Å²) in [4.78, 5) is 0.436. The zero-order valence-electron chi connectivity index (χ0n) is 10.9. The van der Waals surface area contributed by atoms with E-state index in [1.54, 1.807) is 13.0 Å². The standard InChI is InChI=1S/C13H21NO2S/c1-9-5-6-10(2)13(7-9)17(15,16)12(4)8-11(3)14/h5-7,11-12H,8,14H2,1-4H3. The first-order chi connectivity index (χ1) is 7.75. The topological polar surface area (TPSA) is 60.2 Å². The molecule has 0 aliphatic rings. The Balaban J connectivity index is 3.17. The van der Waals surface area contributed by atoms with Gasteiger partial charge in [-0.05, 0) is 51.3 Å². The van der Waals surface area contributed by atoms with Crippen LogP contribution in [0.15, 0.2) is 23.1 Å². The van der Waals surface area contributed by atoms with Gasteiger partial charge in [-0.3, -0.25) is 0 Å². The first-order valence-electron chi connectivity index (χ1n) is 5.82. The monoisotopic (exact) mass is 255 g/mol. The fraction of sp³-hybridized carbons (Fsp3) is 0.538. The molecule has 0 saturated heterocycles. The van der Waals surface area contributed by atoms with Crippen LogP contribution in [-0.4, -0.2) is 19.7 Å². The fourth-order valence-electron chi connectivity index (χ4n) is 1.88. The summed E-state index contributed by atoms with van der Waals surface area (Å²) in [7, 11) is -3.27. The van der Waals surface area contributed by atoms with E-state index in [4.69, 9.17) is 5.73 Å². The molecule has 0 heterocycles. The third-order valence-electron chi connectivity index (χ3n) is 2.88. The van der Waals surface area contributed by atoms with Crippen LogP contribution in [0, 0.1) is 13.8 Å². The molecule has 0 aliphatic carbocycles. The Bertz CT molecular complexity index is 492. The van der Waals surface area contributed by atoms with E-state index in [-0.39, 0.29) is 6.04 Å². The molecule has 4 heteroatoms. The van der Waals surface area contributed by atoms with Gasteiger partial charge in [0.25, 0.3) is 0 Å². The second kappa shape index (κ2) is 5.19. The Hall–Kier alpha value is -0.870. The van der Waals surface area contributed by atoms with Crippen molar-refractivity contribution in [2.75, 3.05) is 0 Å². The van der Waals surface area contributed by atoms with Crippen molar-refractivity contribution in [3.8, 4) is 0 Å². The molecule has 0 aromatic heterocycles. The van der Waals surface area contributed by atoms with Gasteiger partial charge in [-0.2, -0.15) is 0 Å². The van der Waals surface area contributed by atoms with Crippen LogP contribution < -0.4 is 5.73 Å². The summed E-state index contributed by atoms with van der Waals surface area (Å²) in [5.41, 5.74) is 7.43. The van der Waals surface area contributed by atoms with Gasteiger partial charge in [-0.1, -0.05) is 12.1 Å². The van der Waals surface area contributed by atoms with Crippen molar-refractivity contribution >= 4 is 9.84 Å². The van der Waals surface area contributed by atoms with Gasteiger partial charge in [0.1, 0.15) is 0 Å². The number of aryl methyl sites for hydroxylation is 2. The van der Waals surface area contributed by atoms with Crippen LogP contribution in [0.1, 0.15) is 31.4 Å². The average Bonchev–Trinajstić information content (AvgIpc) is 2.20. The maximum absolute atomic E-state index is 12.4. The molecule has 0 bridgehead atoms. The zero-order chi connectivity index (χ0) is 13.2. The van der Waals surface area contributed by atoms with Gasteiger partial charge in [0.05, 0.1) is 10.1 Å². The summed E-state index contributed by atoms with van der Waals surface area (Å²) in [6.07, 6.45) is 0.482. The highest BCUT2D eigenvalue weighted by Crippen LogP contribution is 2.23. The average molecular weight is 255 g/mol. The van der Waals surface area contributed by atoms with E-state index in [2.05, 4.69) is 0 Å². The van der Waals surface area contributed by atoms with Gasteiger partial charge in [0, 0.05) is 6.04 Å². The number of benzene rings is 1. The van der Waals surface area contributed by atoms with E-state index in [9.17, 15) is 8.42 Å². The highest BCUT2D eigenvalue weighted by Gasteiger charge is 2.25. The maximum atomic E-state index is 12.4. The Morgan fingerprint density at radius 2 is 1.82 bits per heavy atom. The molecule has 96 valence electrons. The lowest BCUT2D eigenvalue weighted by Crippen LogP contribution is -2.27. The van der Waals surface area contributed by atoms with Crippen LogP contribution in [0.4, 0.5) is 0 Å². The first-order valence-corrected chi connectivity index (χ1v) is 7.36. The summed E-state index contributed by atoms with van der Waals surface area (Å²) in [6.45, 7) is 7.27. The van der Waals surface area contributed by atoms with E-state index in [0.717, 1.165) is 11.1 Å². The Morgan fingerprint density at radius 1 is 1.24 bits per heavy atom. The van der Waals surface area contributed by atoms with E-state index in [1.807, 2.05) is 32.9 Å². The largest absolute Gasteiger partial charge is 0.328 e. The van der Waals surface area contributed by atoms with Crippen molar-refractivity contribution in [3.63, 3.8) is 0 Å². The lowest BCUT2D eigenvalue weighted by Gasteiger charge is -2.17. The molecule has 2 unspecified atom stereocenters. The van der Waals surface area contributed by atoms with E-state index in [0.29, 0.717) is 11.3 Å². The molecular weight excluding hydrogens is 234 g/mol. The smallest absolute Gasteiger partial charge is 0.181 e.